The highest BCUT2D eigenvalue weighted by Gasteiger charge is 2.51. The van der Waals surface area contributed by atoms with Gasteiger partial charge in [-0.1, -0.05) is 108 Å². The maximum atomic E-state index is 6.54. The number of aryl methyl sites for hydroxylation is 1. The first-order chi connectivity index (χ1) is 14.2. The summed E-state index contributed by atoms with van der Waals surface area (Å²) in [5, 5.41) is 0. The van der Waals surface area contributed by atoms with E-state index in [1.54, 1.807) is 0 Å². The molecule has 2 aliphatic heterocycles. The van der Waals surface area contributed by atoms with E-state index >= 15 is 0 Å². The minimum atomic E-state index is 0.141. The molecular weight excluding hydrogens is 352 g/mol. The van der Waals surface area contributed by atoms with Crippen LogP contribution in [0.15, 0.2) is 90.5 Å². The Morgan fingerprint density at radius 3 is 2.14 bits per heavy atom. The topological polar surface area (TPSA) is 9.23 Å². The van der Waals surface area contributed by atoms with E-state index in [1.807, 2.05) is 0 Å². The lowest BCUT2D eigenvalue weighted by Crippen LogP contribution is -2.21. The largest absolute Gasteiger partial charge is 0.364 e. The Morgan fingerprint density at radius 2 is 1.41 bits per heavy atom. The van der Waals surface area contributed by atoms with Crippen LogP contribution in [0.5, 0.6) is 0 Å². The van der Waals surface area contributed by atoms with Gasteiger partial charge in [-0.3, -0.25) is 0 Å². The van der Waals surface area contributed by atoms with Gasteiger partial charge in [0.05, 0.1) is 12.2 Å². The smallest absolute Gasteiger partial charge is 0.0909 e. The average Bonchev–Trinajstić information content (AvgIpc) is 3.31. The third-order valence-electron chi connectivity index (χ3n) is 6.30. The van der Waals surface area contributed by atoms with Crippen LogP contribution >= 0.6 is 0 Å². The molecule has 29 heavy (non-hydrogen) atoms. The van der Waals surface area contributed by atoms with Gasteiger partial charge in [0.15, 0.2) is 0 Å². The first kappa shape index (κ1) is 18.1. The fourth-order valence-electron chi connectivity index (χ4n) is 4.87. The fourth-order valence-corrected chi connectivity index (χ4v) is 4.87. The molecule has 0 spiro atoms. The van der Waals surface area contributed by atoms with E-state index in [-0.39, 0.29) is 12.2 Å². The van der Waals surface area contributed by atoms with Crippen LogP contribution in [0.25, 0.3) is 12.2 Å². The van der Waals surface area contributed by atoms with Crippen LogP contribution in [0, 0.1) is 18.8 Å². The van der Waals surface area contributed by atoms with Crippen molar-refractivity contribution in [2.24, 2.45) is 11.8 Å². The zero-order chi connectivity index (χ0) is 19.8. The Hall–Kier alpha value is -2.90. The molecule has 5 rings (SSSR count). The summed E-state index contributed by atoms with van der Waals surface area (Å²) in [4.78, 5) is 0. The lowest BCUT2D eigenvalue weighted by Gasteiger charge is -2.28. The van der Waals surface area contributed by atoms with Crippen LogP contribution in [-0.2, 0) is 4.74 Å². The van der Waals surface area contributed by atoms with Crippen LogP contribution in [0.1, 0.15) is 46.9 Å². The number of hydrogen-bond acceptors (Lipinski definition) is 1. The molecule has 0 unspecified atom stereocenters. The zero-order valence-corrected chi connectivity index (χ0v) is 17.0. The Balaban J connectivity index is 1.52. The third-order valence-corrected chi connectivity index (χ3v) is 6.30. The van der Waals surface area contributed by atoms with E-state index in [4.69, 9.17) is 4.74 Å². The van der Waals surface area contributed by atoms with E-state index in [0.717, 1.165) is 0 Å². The van der Waals surface area contributed by atoms with E-state index in [2.05, 4.69) is 111 Å². The Labute approximate surface area is 173 Å². The Bertz CT molecular complexity index is 1060. The van der Waals surface area contributed by atoms with Gasteiger partial charge in [-0.05, 0) is 36.1 Å². The molecule has 3 aromatic carbocycles. The lowest BCUT2D eigenvalue weighted by atomic mass is 9.72. The Kier molecular flexibility index (Phi) is 4.69. The van der Waals surface area contributed by atoms with Gasteiger partial charge in [-0.25, -0.2) is 0 Å². The van der Waals surface area contributed by atoms with Gasteiger partial charge in [0.25, 0.3) is 0 Å². The molecular formula is C28H26O. The molecule has 1 fully saturated rings. The summed E-state index contributed by atoms with van der Waals surface area (Å²) in [6.45, 7) is 4.39. The van der Waals surface area contributed by atoms with Gasteiger partial charge in [-0.15, -0.1) is 0 Å². The van der Waals surface area contributed by atoms with E-state index in [9.17, 15) is 0 Å². The van der Waals surface area contributed by atoms with Gasteiger partial charge in [-0.2, -0.15) is 0 Å². The highest BCUT2D eigenvalue weighted by molar-refractivity contribution is 5.56. The van der Waals surface area contributed by atoms with Gasteiger partial charge in [0.2, 0.25) is 0 Å². The average molecular weight is 379 g/mol. The summed E-state index contributed by atoms with van der Waals surface area (Å²) in [5.74, 6) is 0.702. The molecule has 0 radical (unpaired) electrons. The van der Waals surface area contributed by atoms with Gasteiger partial charge in [0, 0.05) is 11.8 Å². The first-order valence-corrected chi connectivity index (χ1v) is 10.4. The van der Waals surface area contributed by atoms with Crippen molar-refractivity contribution in [2.75, 3.05) is 0 Å². The molecule has 1 saturated heterocycles. The monoisotopic (exact) mass is 378 g/mol. The normalized spacial score (nSPS) is 25.5. The van der Waals surface area contributed by atoms with Crippen molar-refractivity contribution < 1.29 is 4.74 Å². The standard InChI is InChI=1S/C28H26O/c1-19-12-14-21(15-13-19)16-17-25-26(20(2)18-22-8-4-3-5-9-22)28-24-11-7-6-10-23(24)27(25)29-28/h3-18,25-28H,1-2H3/b17-16+,20-18+/t25-,26+,27+,28-/m0/s1. The lowest BCUT2D eigenvalue weighted by molar-refractivity contribution is 0.0595. The summed E-state index contributed by atoms with van der Waals surface area (Å²) >= 11 is 0. The Morgan fingerprint density at radius 1 is 0.759 bits per heavy atom. The molecule has 0 saturated carbocycles. The van der Waals surface area contributed by atoms with Crippen LogP contribution in [0.2, 0.25) is 0 Å². The molecule has 2 aliphatic rings. The van der Waals surface area contributed by atoms with E-state index in [0.29, 0.717) is 11.8 Å². The van der Waals surface area contributed by atoms with Crippen LogP contribution in [0.4, 0.5) is 0 Å². The summed E-state index contributed by atoms with van der Waals surface area (Å²) in [6.07, 6.45) is 7.24. The summed E-state index contributed by atoms with van der Waals surface area (Å²) in [7, 11) is 0. The van der Waals surface area contributed by atoms with E-state index in [1.165, 1.54) is 33.4 Å². The minimum absolute atomic E-state index is 0.141. The second-order valence-corrected chi connectivity index (χ2v) is 8.28. The molecule has 144 valence electrons. The van der Waals surface area contributed by atoms with Gasteiger partial charge in [0.1, 0.15) is 0 Å². The highest BCUT2D eigenvalue weighted by Crippen LogP contribution is 2.59. The molecule has 0 aliphatic carbocycles. The number of fused-ring (bicyclic) bond motifs is 5. The fraction of sp³-hybridized carbons (Fsp3) is 0.214. The predicted octanol–water partition coefficient (Wildman–Crippen LogP) is 7.17. The van der Waals surface area contributed by atoms with Crippen molar-refractivity contribution in [2.45, 2.75) is 26.1 Å². The van der Waals surface area contributed by atoms with Crippen molar-refractivity contribution in [1.29, 1.82) is 0 Å². The highest BCUT2D eigenvalue weighted by atomic mass is 16.5. The number of ether oxygens (including phenoxy) is 1. The molecule has 0 aromatic heterocycles. The van der Waals surface area contributed by atoms with E-state index < -0.39 is 0 Å². The molecule has 2 bridgehead atoms. The summed E-state index contributed by atoms with van der Waals surface area (Å²) < 4.78 is 6.54. The van der Waals surface area contributed by atoms with Crippen molar-refractivity contribution >= 4 is 12.2 Å². The zero-order valence-electron chi connectivity index (χ0n) is 17.0. The number of benzene rings is 3. The van der Waals surface area contributed by atoms with Gasteiger partial charge < -0.3 is 4.74 Å². The molecule has 0 amide bonds. The first-order valence-electron chi connectivity index (χ1n) is 10.4. The van der Waals surface area contributed by atoms with Crippen molar-refractivity contribution in [3.05, 3.63) is 118 Å². The van der Waals surface area contributed by atoms with Crippen molar-refractivity contribution in [3.63, 3.8) is 0 Å². The molecule has 0 N–H and O–H groups in total. The summed E-state index contributed by atoms with van der Waals surface area (Å²) in [5.41, 5.74) is 7.90. The molecule has 3 aromatic rings. The molecule has 2 heterocycles. The number of hydrogen-bond donors (Lipinski definition) is 0. The second-order valence-electron chi connectivity index (χ2n) is 8.28. The maximum absolute atomic E-state index is 6.54. The number of rotatable bonds is 4. The maximum Gasteiger partial charge on any atom is 0.0909 e. The van der Waals surface area contributed by atoms with Crippen LogP contribution in [-0.4, -0.2) is 0 Å². The second kappa shape index (κ2) is 7.50. The van der Waals surface area contributed by atoms with Crippen molar-refractivity contribution in [3.8, 4) is 0 Å². The van der Waals surface area contributed by atoms with Crippen LogP contribution < -0.4 is 0 Å². The molecule has 4 atom stereocenters. The third kappa shape index (κ3) is 3.36. The SMILES string of the molecule is C/C(=C\c1ccccc1)[C@@H]1[C@H](/C=C/c2ccc(C)cc2)[C@@H]2O[C@H]1c1ccccc12. The predicted molar refractivity (Wildman–Crippen MR) is 120 cm³/mol. The molecule has 1 nitrogen and oxygen atoms in total. The molecule has 1 heteroatoms. The minimum Gasteiger partial charge on any atom is -0.364 e. The van der Waals surface area contributed by atoms with Gasteiger partial charge >= 0.3 is 0 Å². The van der Waals surface area contributed by atoms with Crippen LogP contribution in [0.3, 0.4) is 0 Å². The van der Waals surface area contributed by atoms with Crippen molar-refractivity contribution in [1.82, 2.24) is 0 Å². The quantitative estimate of drug-likeness (QED) is 0.467. The summed E-state index contributed by atoms with van der Waals surface area (Å²) in [6, 6.07) is 28.1.